The monoisotopic (exact) mass is 222 g/mol. The van der Waals surface area contributed by atoms with Crippen LogP contribution in [0.3, 0.4) is 0 Å². The summed E-state index contributed by atoms with van der Waals surface area (Å²) in [6, 6.07) is 10.7. The van der Waals surface area contributed by atoms with Gasteiger partial charge in [0.05, 0.1) is 0 Å². The highest BCUT2D eigenvalue weighted by Crippen LogP contribution is 2.26. The number of thioether (sulfide) groups is 1. The molecule has 1 aromatic rings. The lowest BCUT2D eigenvalue weighted by Gasteiger charge is -2.10. The molecule has 0 spiro atoms. The van der Waals surface area contributed by atoms with E-state index >= 15 is 0 Å². The van der Waals surface area contributed by atoms with Crippen molar-refractivity contribution in [1.29, 1.82) is 0 Å². The Morgan fingerprint density at radius 2 is 1.80 bits per heavy atom. The molecule has 0 aliphatic heterocycles. The van der Waals surface area contributed by atoms with Gasteiger partial charge >= 0.3 is 0 Å². The molecular weight excluding hydrogens is 200 g/mol. The summed E-state index contributed by atoms with van der Waals surface area (Å²) in [4.78, 5) is 1.40. The second kappa shape index (κ2) is 7.81. The highest BCUT2D eigenvalue weighted by molar-refractivity contribution is 7.99. The van der Waals surface area contributed by atoms with Gasteiger partial charge in [-0.1, -0.05) is 57.7 Å². The van der Waals surface area contributed by atoms with E-state index in [4.69, 9.17) is 0 Å². The molecule has 84 valence electrons. The van der Waals surface area contributed by atoms with Gasteiger partial charge in [-0.2, -0.15) is 0 Å². The van der Waals surface area contributed by atoms with E-state index in [-0.39, 0.29) is 0 Å². The van der Waals surface area contributed by atoms with Crippen LogP contribution in [0.2, 0.25) is 0 Å². The maximum Gasteiger partial charge on any atom is 0.00746 e. The number of hydrogen-bond donors (Lipinski definition) is 0. The Kier molecular flexibility index (Phi) is 6.58. The van der Waals surface area contributed by atoms with Crippen LogP contribution in [0.1, 0.15) is 46.0 Å². The van der Waals surface area contributed by atoms with Gasteiger partial charge in [-0.25, -0.2) is 0 Å². The van der Waals surface area contributed by atoms with Crippen molar-refractivity contribution in [1.82, 2.24) is 0 Å². The molecule has 0 N–H and O–H groups in total. The van der Waals surface area contributed by atoms with Crippen molar-refractivity contribution >= 4 is 11.8 Å². The van der Waals surface area contributed by atoms with E-state index in [1.54, 1.807) is 0 Å². The van der Waals surface area contributed by atoms with Crippen LogP contribution < -0.4 is 0 Å². The summed E-state index contributed by atoms with van der Waals surface area (Å²) in [5.74, 6) is 0. The van der Waals surface area contributed by atoms with Gasteiger partial charge in [-0.05, 0) is 18.6 Å². The maximum atomic E-state index is 2.34. The topological polar surface area (TPSA) is 0 Å². The van der Waals surface area contributed by atoms with Crippen LogP contribution in [0.5, 0.6) is 0 Å². The summed E-state index contributed by atoms with van der Waals surface area (Å²) in [6.45, 7) is 4.60. The van der Waals surface area contributed by atoms with Gasteiger partial charge in [0.2, 0.25) is 0 Å². The molecular formula is C14H22S. The SMILES string of the molecule is CCCCCC[C@H](C)Sc1ccccc1. The van der Waals surface area contributed by atoms with Crippen molar-refractivity contribution < 1.29 is 0 Å². The van der Waals surface area contributed by atoms with Gasteiger partial charge in [-0.3, -0.25) is 0 Å². The fourth-order valence-electron chi connectivity index (χ4n) is 1.65. The van der Waals surface area contributed by atoms with Crippen molar-refractivity contribution in [2.75, 3.05) is 0 Å². The smallest absolute Gasteiger partial charge is 0.00746 e. The lowest BCUT2D eigenvalue weighted by atomic mass is 10.1. The second-order valence-corrected chi connectivity index (χ2v) is 5.60. The van der Waals surface area contributed by atoms with Gasteiger partial charge < -0.3 is 0 Å². The Hall–Kier alpha value is -0.430. The predicted molar refractivity (Wildman–Crippen MR) is 70.5 cm³/mol. The molecule has 0 fully saturated rings. The molecule has 0 aliphatic rings. The van der Waals surface area contributed by atoms with E-state index in [1.165, 1.54) is 37.0 Å². The van der Waals surface area contributed by atoms with Crippen molar-refractivity contribution in [3.63, 3.8) is 0 Å². The van der Waals surface area contributed by atoms with Crippen LogP contribution in [0.25, 0.3) is 0 Å². The molecule has 0 saturated carbocycles. The molecule has 0 unspecified atom stereocenters. The minimum absolute atomic E-state index is 0.754. The van der Waals surface area contributed by atoms with E-state index in [9.17, 15) is 0 Å². The standard InChI is InChI=1S/C14H22S/c1-3-4-5-7-10-13(2)15-14-11-8-6-9-12-14/h6,8-9,11-13H,3-5,7,10H2,1-2H3/t13-/m0/s1. The average Bonchev–Trinajstić information content (AvgIpc) is 2.26. The fraction of sp³-hybridized carbons (Fsp3) is 0.571. The largest absolute Gasteiger partial charge is 0.123 e. The van der Waals surface area contributed by atoms with Gasteiger partial charge in [-0.15, -0.1) is 11.8 Å². The quantitative estimate of drug-likeness (QED) is 0.455. The number of benzene rings is 1. The second-order valence-electron chi connectivity index (χ2n) is 4.09. The van der Waals surface area contributed by atoms with Crippen molar-refractivity contribution in [3.05, 3.63) is 30.3 Å². The molecule has 0 amide bonds. The molecule has 0 heterocycles. The summed E-state index contributed by atoms with van der Waals surface area (Å²) in [6.07, 6.45) is 6.85. The molecule has 15 heavy (non-hydrogen) atoms. The van der Waals surface area contributed by atoms with E-state index in [1.807, 2.05) is 11.8 Å². The third-order valence-corrected chi connectivity index (χ3v) is 3.73. The summed E-state index contributed by atoms with van der Waals surface area (Å²) in [5.41, 5.74) is 0. The Labute approximate surface area is 98.5 Å². The first-order chi connectivity index (χ1) is 7.33. The average molecular weight is 222 g/mol. The Bertz CT molecular complexity index is 243. The van der Waals surface area contributed by atoms with Crippen LogP contribution in [-0.4, -0.2) is 5.25 Å². The van der Waals surface area contributed by atoms with Crippen LogP contribution >= 0.6 is 11.8 Å². The number of rotatable bonds is 7. The van der Waals surface area contributed by atoms with Gasteiger partial charge in [0.1, 0.15) is 0 Å². The van der Waals surface area contributed by atoms with E-state index < -0.39 is 0 Å². The number of hydrogen-bond acceptors (Lipinski definition) is 1. The van der Waals surface area contributed by atoms with Gasteiger partial charge in [0.15, 0.2) is 0 Å². The minimum Gasteiger partial charge on any atom is -0.123 e. The Balaban J connectivity index is 2.16. The highest BCUT2D eigenvalue weighted by Gasteiger charge is 2.03. The van der Waals surface area contributed by atoms with E-state index in [0.29, 0.717) is 0 Å². The minimum atomic E-state index is 0.754. The van der Waals surface area contributed by atoms with Crippen LogP contribution in [0.4, 0.5) is 0 Å². The molecule has 0 nitrogen and oxygen atoms in total. The maximum absolute atomic E-state index is 2.34. The summed E-state index contributed by atoms with van der Waals surface area (Å²) in [5, 5.41) is 0.754. The van der Waals surface area contributed by atoms with Gasteiger partial charge in [0.25, 0.3) is 0 Å². The number of unbranched alkanes of at least 4 members (excludes halogenated alkanes) is 3. The van der Waals surface area contributed by atoms with Crippen LogP contribution in [0.15, 0.2) is 35.2 Å². The Morgan fingerprint density at radius 3 is 2.47 bits per heavy atom. The zero-order valence-corrected chi connectivity index (χ0v) is 10.7. The molecule has 1 rings (SSSR count). The third-order valence-electron chi connectivity index (χ3n) is 2.54. The normalized spacial score (nSPS) is 12.7. The first-order valence-corrected chi connectivity index (χ1v) is 6.92. The molecule has 1 heteroatoms. The molecule has 0 aliphatic carbocycles. The molecule has 1 atom stereocenters. The highest BCUT2D eigenvalue weighted by atomic mass is 32.2. The van der Waals surface area contributed by atoms with Crippen molar-refractivity contribution in [3.8, 4) is 0 Å². The summed E-state index contributed by atoms with van der Waals surface area (Å²) in [7, 11) is 0. The van der Waals surface area contributed by atoms with Gasteiger partial charge in [0, 0.05) is 10.1 Å². The Morgan fingerprint density at radius 1 is 1.07 bits per heavy atom. The molecule has 0 saturated heterocycles. The van der Waals surface area contributed by atoms with Crippen molar-refractivity contribution in [2.24, 2.45) is 0 Å². The first-order valence-electron chi connectivity index (χ1n) is 6.04. The lowest BCUT2D eigenvalue weighted by Crippen LogP contribution is -1.95. The third kappa shape index (κ3) is 5.88. The van der Waals surface area contributed by atoms with E-state index in [2.05, 4.69) is 44.2 Å². The van der Waals surface area contributed by atoms with E-state index in [0.717, 1.165) is 5.25 Å². The zero-order valence-electron chi connectivity index (χ0n) is 9.91. The summed E-state index contributed by atoms with van der Waals surface area (Å²) < 4.78 is 0. The fourth-order valence-corrected chi connectivity index (χ4v) is 2.71. The summed E-state index contributed by atoms with van der Waals surface area (Å²) >= 11 is 2.00. The molecule has 0 aromatic heterocycles. The zero-order chi connectivity index (χ0) is 10.9. The molecule has 0 radical (unpaired) electrons. The van der Waals surface area contributed by atoms with Crippen LogP contribution in [0, 0.1) is 0 Å². The lowest BCUT2D eigenvalue weighted by molar-refractivity contribution is 0.630. The molecule has 0 bridgehead atoms. The van der Waals surface area contributed by atoms with Crippen LogP contribution in [-0.2, 0) is 0 Å². The predicted octanol–water partition coefficient (Wildman–Crippen LogP) is 5.14. The van der Waals surface area contributed by atoms with Crippen molar-refractivity contribution in [2.45, 2.75) is 56.1 Å². The molecule has 1 aromatic carbocycles. The first kappa shape index (κ1) is 12.6.